The van der Waals surface area contributed by atoms with Crippen LogP contribution in [-0.2, 0) is 0 Å². The van der Waals surface area contributed by atoms with E-state index in [1.165, 1.54) is 0 Å². The van der Waals surface area contributed by atoms with Crippen LogP contribution >= 0.6 is 0 Å². The van der Waals surface area contributed by atoms with E-state index in [4.69, 9.17) is 15.7 Å². The topological polar surface area (TPSA) is 91.2 Å². The van der Waals surface area contributed by atoms with Crippen LogP contribution in [0.5, 0.6) is 0 Å². The molecule has 4 heavy (non-hydrogen) atoms. The minimum Gasteiger partial charge on any atom is -0.637 e. The maximum absolute atomic E-state index is 8.00. The molecule has 0 saturated carbocycles. The summed E-state index contributed by atoms with van der Waals surface area (Å²) in [7, 11) is 0. The van der Waals surface area contributed by atoms with E-state index in [1.807, 2.05) is 5.90 Å². The molecule has 4 nitrogen and oxygen atoms in total. The van der Waals surface area contributed by atoms with E-state index in [9.17, 15) is 0 Å². The smallest absolute Gasteiger partial charge is 0.255 e. The molecule has 0 bridgehead atoms. The van der Waals surface area contributed by atoms with Crippen molar-refractivity contribution >= 4 is 0 Å². The SMILES string of the molecule is OO.[NH3+][O-]. The molecule has 0 radical (unpaired) electrons. The van der Waals surface area contributed by atoms with Gasteiger partial charge in [0, 0.05) is 0 Å². The van der Waals surface area contributed by atoms with Crippen LogP contribution in [0, 0.1) is 5.21 Å². The highest BCUT2D eigenvalue weighted by atomic mass is 17.0. The van der Waals surface area contributed by atoms with Crippen molar-refractivity contribution in [1.82, 2.24) is 0 Å². The first-order valence-electron chi connectivity index (χ1n) is 0.489. The minimum absolute atomic E-state index is 2.00. The van der Waals surface area contributed by atoms with Crippen molar-refractivity contribution in [2.75, 3.05) is 0 Å². The van der Waals surface area contributed by atoms with Gasteiger partial charge in [0.05, 0.1) is 0 Å². The quantitative estimate of drug-likeness (QED) is 0.244. The molecule has 4 heteroatoms. The average Bonchev–Trinajstić information content (AvgIpc) is 1.50. The molecule has 0 aliphatic heterocycles. The van der Waals surface area contributed by atoms with Crippen molar-refractivity contribution in [2.24, 2.45) is 0 Å². The summed E-state index contributed by atoms with van der Waals surface area (Å²) in [5, 5.41) is 20.0. The molecule has 0 spiro atoms. The monoisotopic (exact) mass is 67.0 g/mol. The molecule has 0 amide bonds. The van der Waals surface area contributed by atoms with Gasteiger partial charge >= 0.3 is 0 Å². The Morgan fingerprint density at radius 3 is 1.25 bits per heavy atom. The number of hydrogen-bond acceptors (Lipinski definition) is 3. The van der Waals surface area contributed by atoms with Crippen molar-refractivity contribution in [2.45, 2.75) is 0 Å². The van der Waals surface area contributed by atoms with E-state index in [0.29, 0.717) is 0 Å². The zero-order chi connectivity index (χ0) is 4.00. The molecule has 0 aliphatic carbocycles. The molecule has 0 saturated heterocycles. The average molecular weight is 67.0 g/mol. The Bertz CT molecular complexity index is 3.25. The summed E-state index contributed by atoms with van der Waals surface area (Å²) < 4.78 is 0. The second kappa shape index (κ2) is 376. The summed E-state index contributed by atoms with van der Waals surface area (Å²) in [6.07, 6.45) is 0. The van der Waals surface area contributed by atoms with E-state index in [1.54, 1.807) is 0 Å². The van der Waals surface area contributed by atoms with E-state index in [2.05, 4.69) is 0 Å². The normalized spacial score (nSPS) is 3.00. The lowest BCUT2D eigenvalue weighted by Gasteiger charge is -1.52. The molecular formula is H5NO3. The highest BCUT2D eigenvalue weighted by molar-refractivity contribution is 3.64. The van der Waals surface area contributed by atoms with Crippen molar-refractivity contribution in [3.8, 4) is 0 Å². The lowest BCUT2D eigenvalue weighted by molar-refractivity contribution is -0.275. The second-order valence-corrected chi connectivity index (χ2v) is 0. The van der Waals surface area contributed by atoms with Gasteiger partial charge in [0.1, 0.15) is 0 Å². The van der Waals surface area contributed by atoms with Gasteiger partial charge in [-0.15, -0.1) is 0 Å². The van der Waals surface area contributed by atoms with Gasteiger partial charge in [-0.25, -0.2) is 0 Å². The molecular weight excluding hydrogens is 62.0 g/mol. The third-order valence-electron chi connectivity index (χ3n) is 0. The van der Waals surface area contributed by atoms with Crippen LogP contribution < -0.4 is 5.90 Å². The Hall–Kier alpha value is -0.160. The van der Waals surface area contributed by atoms with Gasteiger partial charge in [-0.3, -0.25) is 10.5 Å². The van der Waals surface area contributed by atoms with Gasteiger partial charge in [-0.2, -0.15) is 0 Å². The van der Waals surface area contributed by atoms with Gasteiger partial charge in [-0.1, -0.05) is 0 Å². The van der Waals surface area contributed by atoms with E-state index >= 15 is 0 Å². The summed E-state index contributed by atoms with van der Waals surface area (Å²) in [5.41, 5.74) is 0. The molecule has 0 aliphatic rings. The maximum Gasteiger partial charge on any atom is -0.255 e. The van der Waals surface area contributed by atoms with Crippen molar-refractivity contribution < 1.29 is 16.4 Å². The predicted molar refractivity (Wildman–Crippen MR) is 11.5 cm³/mol. The van der Waals surface area contributed by atoms with E-state index in [-0.39, 0.29) is 0 Å². The van der Waals surface area contributed by atoms with Gasteiger partial charge in [0.25, 0.3) is 0 Å². The fraction of sp³-hybridized carbons (Fsp3) is 0. The lowest BCUT2D eigenvalue weighted by atomic mass is 13.6. The van der Waals surface area contributed by atoms with Crippen LogP contribution in [0.3, 0.4) is 0 Å². The second-order valence-electron chi connectivity index (χ2n) is 0. The Balaban J connectivity index is 0. The van der Waals surface area contributed by atoms with Crippen LogP contribution in [0.2, 0.25) is 0 Å². The fourth-order valence-corrected chi connectivity index (χ4v) is 0. The van der Waals surface area contributed by atoms with Crippen LogP contribution in [0.25, 0.3) is 0 Å². The molecule has 0 rings (SSSR count). The summed E-state index contributed by atoms with van der Waals surface area (Å²) in [6.45, 7) is 0. The summed E-state index contributed by atoms with van der Waals surface area (Å²) in [4.78, 5) is 0. The zero-order valence-electron chi connectivity index (χ0n) is 2.01. The minimum atomic E-state index is 2.00. The molecule has 0 aromatic rings. The summed E-state index contributed by atoms with van der Waals surface area (Å²) in [5.74, 6) is 2.00. The molecule has 0 fully saturated rings. The Morgan fingerprint density at radius 2 is 1.25 bits per heavy atom. The number of hydrogen-bond donors (Lipinski definition) is 3. The highest BCUT2D eigenvalue weighted by Crippen LogP contribution is 0.711. The third-order valence-corrected chi connectivity index (χ3v) is 0. The third kappa shape index (κ3) is 50.7. The zero-order valence-corrected chi connectivity index (χ0v) is 2.01. The van der Waals surface area contributed by atoms with Crippen molar-refractivity contribution in [1.29, 1.82) is 0 Å². The van der Waals surface area contributed by atoms with Crippen LogP contribution in [0.4, 0.5) is 0 Å². The molecule has 0 atom stereocenters. The first-order valence-corrected chi connectivity index (χ1v) is 0.489. The summed E-state index contributed by atoms with van der Waals surface area (Å²) in [6, 6.07) is 0. The largest absolute Gasteiger partial charge is 0.637 e. The summed E-state index contributed by atoms with van der Waals surface area (Å²) >= 11 is 0. The predicted octanol–water partition coefficient (Wildman–Crippen LogP) is -1.26. The Morgan fingerprint density at radius 1 is 1.25 bits per heavy atom. The highest BCUT2D eigenvalue weighted by Gasteiger charge is 0.745. The Kier molecular flexibility index (Phi) is 859. The van der Waals surface area contributed by atoms with Gasteiger partial charge in [-0.05, 0) is 0 Å². The van der Waals surface area contributed by atoms with Crippen LogP contribution in [-0.4, -0.2) is 10.5 Å². The molecule has 0 aromatic carbocycles. The first-order chi connectivity index (χ1) is 2.00. The standard InChI is InChI=1S/H3NO.H2O2/c2*1-2/h1H3;1-2H. The van der Waals surface area contributed by atoms with E-state index in [0.717, 1.165) is 0 Å². The van der Waals surface area contributed by atoms with Gasteiger partial charge in [0.2, 0.25) is 0 Å². The van der Waals surface area contributed by atoms with Crippen molar-refractivity contribution in [3.63, 3.8) is 0 Å². The van der Waals surface area contributed by atoms with Crippen LogP contribution in [0.15, 0.2) is 0 Å². The fourth-order valence-electron chi connectivity index (χ4n) is 0. The molecule has 0 heterocycles. The number of quaternary nitrogens is 1. The van der Waals surface area contributed by atoms with Crippen molar-refractivity contribution in [3.05, 3.63) is 5.21 Å². The maximum atomic E-state index is 8.00. The van der Waals surface area contributed by atoms with Gasteiger partial charge in [0.15, 0.2) is 0 Å². The lowest BCUT2D eigenvalue weighted by Crippen LogP contribution is -2.37. The molecule has 0 unspecified atom stereocenters. The molecule has 28 valence electrons. The molecule has 5 N–H and O–H groups in total. The van der Waals surface area contributed by atoms with Gasteiger partial charge < -0.3 is 11.1 Å². The number of rotatable bonds is 0. The molecule has 0 aromatic heterocycles. The van der Waals surface area contributed by atoms with E-state index < -0.39 is 0 Å². The first kappa shape index (κ1) is 9.15. The van der Waals surface area contributed by atoms with Crippen LogP contribution in [0.1, 0.15) is 0 Å². The Labute approximate surface area is 23.0 Å².